The molecule has 88 valence electrons. The number of amides is 1. The Hall–Kier alpha value is -0.390. The first-order chi connectivity index (χ1) is 7.66. The van der Waals surface area contributed by atoms with Gasteiger partial charge in [0.1, 0.15) is 0 Å². The highest BCUT2D eigenvalue weighted by Crippen LogP contribution is 2.21. The second-order valence-electron chi connectivity index (χ2n) is 4.18. The van der Waals surface area contributed by atoms with Gasteiger partial charge in [0.15, 0.2) is 0 Å². The van der Waals surface area contributed by atoms with Crippen LogP contribution in [-0.4, -0.2) is 19.0 Å². The van der Waals surface area contributed by atoms with E-state index in [-0.39, 0.29) is 11.8 Å². The zero-order valence-electron chi connectivity index (χ0n) is 9.13. The number of rotatable bonds is 4. The SMILES string of the molecule is CC(C(=O)NCc1csc(Br)c1)C1CNC1. The smallest absolute Gasteiger partial charge is 0.223 e. The van der Waals surface area contributed by atoms with E-state index in [0.717, 1.165) is 22.4 Å². The topological polar surface area (TPSA) is 41.1 Å². The normalized spacial score (nSPS) is 17.9. The van der Waals surface area contributed by atoms with Crippen LogP contribution in [0, 0.1) is 11.8 Å². The Morgan fingerprint density at radius 2 is 2.50 bits per heavy atom. The summed E-state index contributed by atoms with van der Waals surface area (Å²) in [5, 5.41) is 8.23. The van der Waals surface area contributed by atoms with Crippen molar-refractivity contribution >= 4 is 33.2 Å². The van der Waals surface area contributed by atoms with Crippen molar-refractivity contribution in [2.75, 3.05) is 13.1 Å². The van der Waals surface area contributed by atoms with Gasteiger partial charge < -0.3 is 10.6 Å². The first-order valence-electron chi connectivity index (χ1n) is 5.38. The first kappa shape index (κ1) is 12.1. The molecule has 2 N–H and O–H groups in total. The summed E-state index contributed by atoms with van der Waals surface area (Å²) >= 11 is 5.05. The van der Waals surface area contributed by atoms with Gasteiger partial charge in [-0.15, -0.1) is 11.3 Å². The quantitative estimate of drug-likeness (QED) is 0.893. The van der Waals surface area contributed by atoms with E-state index in [4.69, 9.17) is 0 Å². The van der Waals surface area contributed by atoms with E-state index in [9.17, 15) is 4.79 Å². The van der Waals surface area contributed by atoms with Gasteiger partial charge in [0.2, 0.25) is 5.91 Å². The van der Waals surface area contributed by atoms with Crippen molar-refractivity contribution < 1.29 is 4.79 Å². The van der Waals surface area contributed by atoms with Crippen molar-refractivity contribution in [2.45, 2.75) is 13.5 Å². The Kier molecular flexibility index (Phi) is 4.00. The Balaban J connectivity index is 1.78. The van der Waals surface area contributed by atoms with Crippen LogP contribution in [0.3, 0.4) is 0 Å². The van der Waals surface area contributed by atoms with Gasteiger partial charge >= 0.3 is 0 Å². The lowest BCUT2D eigenvalue weighted by atomic mass is 9.88. The number of hydrogen-bond donors (Lipinski definition) is 2. The lowest BCUT2D eigenvalue weighted by Gasteiger charge is -2.31. The van der Waals surface area contributed by atoms with Crippen LogP contribution in [0.15, 0.2) is 15.2 Å². The molecule has 0 radical (unpaired) electrons. The molecule has 1 atom stereocenters. The van der Waals surface area contributed by atoms with Gasteiger partial charge in [-0.2, -0.15) is 0 Å². The van der Waals surface area contributed by atoms with Gasteiger partial charge in [0, 0.05) is 12.5 Å². The van der Waals surface area contributed by atoms with E-state index in [1.54, 1.807) is 11.3 Å². The molecule has 2 rings (SSSR count). The molecule has 1 aliphatic heterocycles. The third-order valence-corrected chi connectivity index (χ3v) is 4.58. The van der Waals surface area contributed by atoms with Crippen molar-refractivity contribution in [1.82, 2.24) is 10.6 Å². The Morgan fingerprint density at radius 1 is 1.75 bits per heavy atom. The fourth-order valence-electron chi connectivity index (χ4n) is 1.67. The summed E-state index contributed by atoms with van der Waals surface area (Å²) in [6.07, 6.45) is 0. The minimum absolute atomic E-state index is 0.114. The van der Waals surface area contributed by atoms with Crippen molar-refractivity contribution in [3.8, 4) is 0 Å². The van der Waals surface area contributed by atoms with E-state index < -0.39 is 0 Å². The number of thiophene rings is 1. The zero-order chi connectivity index (χ0) is 11.5. The van der Waals surface area contributed by atoms with Gasteiger partial charge in [0.25, 0.3) is 0 Å². The van der Waals surface area contributed by atoms with E-state index in [1.165, 1.54) is 0 Å². The minimum atomic E-state index is 0.114. The molecular weight excluding hydrogens is 288 g/mol. The molecule has 1 aromatic rings. The van der Waals surface area contributed by atoms with Crippen molar-refractivity contribution in [3.05, 3.63) is 20.8 Å². The van der Waals surface area contributed by atoms with Crippen LogP contribution in [0.1, 0.15) is 12.5 Å². The van der Waals surface area contributed by atoms with Crippen molar-refractivity contribution in [2.24, 2.45) is 11.8 Å². The summed E-state index contributed by atoms with van der Waals surface area (Å²) in [4.78, 5) is 11.8. The molecule has 1 fully saturated rings. The predicted octanol–water partition coefficient (Wildman–Crippen LogP) is 1.98. The third kappa shape index (κ3) is 2.84. The second-order valence-corrected chi connectivity index (χ2v) is 6.47. The molecular formula is C11H15BrN2OS. The molecule has 1 saturated heterocycles. The molecule has 1 aliphatic rings. The van der Waals surface area contributed by atoms with E-state index >= 15 is 0 Å². The molecule has 1 amide bonds. The molecule has 5 heteroatoms. The van der Waals surface area contributed by atoms with Gasteiger partial charge in [-0.25, -0.2) is 0 Å². The van der Waals surface area contributed by atoms with Crippen LogP contribution in [0.2, 0.25) is 0 Å². The summed E-state index contributed by atoms with van der Waals surface area (Å²) in [6, 6.07) is 2.04. The monoisotopic (exact) mass is 302 g/mol. The van der Waals surface area contributed by atoms with Crippen molar-refractivity contribution in [1.29, 1.82) is 0 Å². The standard InChI is InChI=1S/C11H15BrN2OS/c1-7(9-4-13-5-9)11(15)14-3-8-2-10(12)16-6-8/h2,6-7,9,13H,3-5H2,1H3,(H,14,15). The number of hydrogen-bond acceptors (Lipinski definition) is 3. The molecule has 16 heavy (non-hydrogen) atoms. The van der Waals surface area contributed by atoms with E-state index in [0.29, 0.717) is 12.5 Å². The summed E-state index contributed by atoms with van der Waals surface area (Å²) in [5.41, 5.74) is 1.16. The van der Waals surface area contributed by atoms with Crippen LogP contribution < -0.4 is 10.6 Å². The fraction of sp³-hybridized carbons (Fsp3) is 0.545. The van der Waals surface area contributed by atoms with Gasteiger partial charge in [-0.1, -0.05) is 6.92 Å². The summed E-state index contributed by atoms with van der Waals surface area (Å²) in [7, 11) is 0. The predicted molar refractivity (Wildman–Crippen MR) is 69.4 cm³/mol. The molecule has 1 unspecified atom stereocenters. The van der Waals surface area contributed by atoms with Gasteiger partial charge in [-0.05, 0) is 51.9 Å². The molecule has 0 aliphatic carbocycles. The lowest BCUT2D eigenvalue weighted by Crippen LogP contribution is -2.49. The Bertz CT molecular complexity index is 376. The number of carbonyl (C=O) groups excluding carboxylic acids is 1. The molecule has 0 spiro atoms. The van der Waals surface area contributed by atoms with Crippen LogP contribution in [0.5, 0.6) is 0 Å². The highest BCUT2D eigenvalue weighted by atomic mass is 79.9. The number of carbonyl (C=O) groups is 1. The maximum absolute atomic E-state index is 11.8. The highest BCUT2D eigenvalue weighted by molar-refractivity contribution is 9.11. The molecule has 2 heterocycles. The molecule has 0 aromatic carbocycles. The lowest BCUT2D eigenvalue weighted by molar-refractivity contribution is -0.126. The first-order valence-corrected chi connectivity index (χ1v) is 7.05. The largest absolute Gasteiger partial charge is 0.352 e. The molecule has 3 nitrogen and oxygen atoms in total. The maximum Gasteiger partial charge on any atom is 0.223 e. The van der Waals surface area contributed by atoms with Crippen molar-refractivity contribution in [3.63, 3.8) is 0 Å². The summed E-state index contributed by atoms with van der Waals surface area (Å²) < 4.78 is 1.10. The summed E-state index contributed by atoms with van der Waals surface area (Å²) in [5.74, 6) is 0.784. The summed E-state index contributed by atoms with van der Waals surface area (Å²) in [6.45, 7) is 4.58. The van der Waals surface area contributed by atoms with Crippen LogP contribution in [-0.2, 0) is 11.3 Å². The third-order valence-electron chi connectivity index (χ3n) is 3.02. The zero-order valence-corrected chi connectivity index (χ0v) is 11.5. The average Bonchev–Trinajstić information content (AvgIpc) is 2.58. The van der Waals surface area contributed by atoms with Crippen LogP contribution in [0.25, 0.3) is 0 Å². The van der Waals surface area contributed by atoms with Gasteiger partial charge in [-0.3, -0.25) is 4.79 Å². The molecule has 0 saturated carbocycles. The van der Waals surface area contributed by atoms with E-state index in [2.05, 4.69) is 31.9 Å². The molecule has 0 bridgehead atoms. The maximum atomic E-state index is 11.8. The highest BCUT2D eigenvalue weighted by Gasteiger charge is 2.28. The number of nitrogens with one attached hydrogen (secondary N) is 2. The van der Waals surface area contributed by atoms with Gasteiger partial charge in [0.05, 0.1) is 3.79 Å². The average molecular weight is 303 g/mol. The Morgan fingerprint density at radius 3 is 3.00 bits per heavy atom. The van der Waals surface area contributed by atoms with E-state index in [1.807, 2.05) is 13.0 Å². The fourth-order valence-corrected chi connectivity index (χ4v) is 2.88. The molecule has 1 aromatic heterocycles. The Labute approximate surface area is 108 Å². The second kappa shape index (κ2) is 5.29. The minimum Gasteiger partial charge on any atom is -0.352 e. The van der Waals surface area contributed by atoms with Crippen LogP contribution in [0.4, 0.5) is 0 Å². The van der Waals surface area contributed by atoms with Crippen LogP contribution >= 0.6 is 27.3 Å². The number of halogens is 1.